The highest BCUT2D eigenvalue weighted by molar-refractivity contribution is 6.30. The van der Waals surface area contributed by atoms with Crippen molar-refractivity contribution in [2.75, 3.05) is 0 Å². The van der Waals surface area contributed by atoms with E-state index in [1.807, 2.05) is 12.1 Å². The van der Waals surface area contributed by atoms with Gasteiger partial charge in [0.1, 0.15) is 23.7 Å². The molecule has 7 nitrogen and oxygen atoms in total. The van der Waals surface area contributed by atoms with E-state index in [1.54, 1.807) is 12.1 Å². The second-order valence-electron chi connectivity index (χ2n) is 6.80. The lowest BCUT2D eigenvalue weighted by Crippen LogP contribution is -2.57. The van der Waals surface area contributed by atoms with Gasteiger partial charge < -0.3 is 15.3 Å². The standard InChI is InChI=1S/C17H20ClN3O4/c1-16(15(23)24)14(22)7-12(6-11-2-4-13(18)5-3-11)17(16,25)8-21-10-19-9-20-21/h2-5,9-10,12,14,22,25H,6-8H2,1H3,(H,23,24)/t12-,14-,16-,17-/m0/s1. The molecule has 2 aromatic rings. The van der Waals surface area contributed by atoms with Crippen LogP contribution in [0.15, 0.2) is 36.9 Å². The number of nitrogens with zero attached hydrogens (tertiary/aromatic N) is 3. The number of hydrogen-bond donors (Lipinski definition) is 3. The Kier molecular flexibility index (Phi) is 4.57. The quantitative estimate of drug-likeness (QED) is 0.738. The third-order valence-electron chi connectivity index (χ3n) is 5.46. The van der Waals surface area contributed by atoms with Crippen molar-refractivity contribution in [2.45, 2.75) is 38.0 Å². The Morgan fingerprint density at radius 1 is 1.40 bits per heavy atom. The van der Waals surface area contributed by atoms with Gasteiger partial charge in [0.25, 0.3) is 0 Å². The molecule has 0 aliphatic heterocycles. The van der Waals surface area contributed by atoms with Crippen molar-refractivity contribution >= 4 is 17.6 Å². The van der Waals surface area contributed by atoms with Gasteiger partial charge in [-0.15, -0.1) is 0 Å². The molecule has 3 rings (SSSR count). The number of aliphatic hydroxyl groups excluding tert-OH is 1. The molecule has 4 atom stereocenters. The van der Waals surface area contributed by atoms with E-state index in [-0.39, 0.29) is 13.0 Å². The zero-order valence-electron chi connectivity index (χ0n) is 13.7. The number of carboxylic acid groups (broad SMARTS) is 1. The fourth-order valence-electron chi connectivity index (χ4n) is 3.75. The van der Waals surface area contributed by atoms with Crippen LogP contribution in [-0.2, 0) is 17.8 Å². The number of hydrogen-bond acceptors (Lipinski definition) is 5. The summed E-state index contributed by atoms with van der Waals surface area (Å²) < 4.78 is 1.40. The lowest BCUT2D eigenvalue weighted by Gasteiger charge is -2.40. The molecule has 1 aliphatic rings. The van der Waals surface area contributed by atoms with Crippen LogP contribution in [0.5, 0.6) is 0 Å². The van der Waals surface area contributed by atoms with Crippen LogP contribution in [0.4, 0.5) is 0 Å². The maximum atomic E-state index is 11.9. The minimum atomic E-state index is -1.71. The van der Waals surface area contributed by atoms with Gasteiger partial charge in [0.05, 0.1) is 12.6 Å². The highest BCUT2D eigenvalue weighted by atomic mass is 35.5. The molecule has 1 heterocycles. The maximum Gasteiger partial charge on any atom is 0.315 e. The monoisotopic (exact) mass is 365 g/mol. The van der Waals surface area contributed by atoms with Gasteiger partial charge in [0, 0.05) is 5.02 Å². The summed E-state index contributed by atoms with van der Waals surface area (Å²) in [5, 5.41) is 36.2. The normalized spacial score (nSPS) is 32.0. The molecule has 0 amide bonds. The van der Waals surface area contributed by atoms with Gasteiger partial charge in [-0.3, -0.25) is 9.48 Å². The molecule has 0 spiro atoms. The smallest absolute Gasteiger partial charge is 0.315 e. The molecule has 1 aromatic heterocycles. The number of halogens is 1. The predicted molar refractivity (Wildman–Crippen MR) is 90.0 cm³/mol. The number of aromatic nitrogens is 3. The van der Waals surface area contributed by atoms with Crippen LogP contribution < -0.4 is 0 Å². The summed E-state index contributed by atoms with van der Waals surface area (Å²) >= 11 is 5.90. The first-order valence-corrected chi connectivity index (χ1v) is 8.36. The number of carboxylic acids is 1. The second-order valence-corrected chi connectivity index (χ2v) is 7.24. The van der Waals surface area contributed by atoms with E-state index in [9.17, 15) is 20.1 Å². The predicted octanol–water partition coefficient (Wildman–Crippen LogP) is 1.38. The van der Waals surface area contributed by atoms with Gasteiger partial charge in [-0.1, -0.05) is 23.7 Å². The Bertz CT molecular complexity index is 752. The highest BCUT2D eigenvalue weighted by Gasteiger charge is 2.66. The van der Waals surface area contributed by atoms with E-state index < -0.39 is 29.0 Å². The summed E-state index contributed by atoms with van der Waals surface area (Å²) in [6, 6.07) is 7.16. The lowest BCUT2D eigenvalue weighted by molar-refractivity contribution is -0.179. The molecule has 0 saturated heterocycles. The molecule has 25 heavy (non-hydrogen) atoms. The van der Waals surface area contributed by atoms with E-state index in [0.717, 1.165) is 5.56 Å². The average Bonchev–Trinajstić information content (AvgIpc) is 3.12. The van der Waals surface area contributed by atoms with Crippen molar-refractivity contribution in [3.05, 3.63) is 47.5 Å². The fraction of sp³-hybridized carbons (Fsp3) is 0.471. The summed E-state index contributed by atoms with van der Waals surface area (Å²) in [4.78, 5) is 15.8. The first-order valence-electron chi connectivity index (χ1n) is 7.98. The van der Waals surface area contributed by atoms with E-state index in [0.29, 0.717) is 11.4 Å². The summed E-state index contributed by atoms with van der Waals surface area (Å²) in [7, 11) is 0. The van der Waals surface area contributed by atoms with Crippen molar-refractivity contribution in [1.82, 2.24) is 14.8 Å². The van der Waals surface area contributed by atoms with Crippen molar-refractivity contribution < 1.29 is 20.1 Å². The molecule has 3 N–H and O–H groups in total. The zero-order chi connectivity index (χ0) is 18.2. The maximum absolute atomic E-state index is 11.9. The largest absolute Gasteiger partial charge is 0.481 e. The number of aliphatic carboxylic acids is 1. The fourth-order valence-corrected chi connectivity index (χ4v) is 3.88. The minimum absolute atomic E-state index is 0.0644. The summed E-state index contributed by atoms with van der Waals surface area (Å²) in [6.07, 6.45) is 2.17. The summed E-state index contributed by atoms with van der Waals surface area (Å²) in [6.45, 7) is 1.32. The molecule has 1 fully saturated rings. The molecule has 1 aliphatic carbocycles. The van der Waals surface area contributed by atoms with Crippen molar-refractivity contribution in [1.29, 1.82) is 0 Å². The molecule has 0 bridgehead atoms. The Morgan fingerprint density at radius 2 is 2.08 bits per heavy atom. The SMILES string of the molecule is C[C@@]1(C(=O)O)[C@@H](O)C[C@H](Cc2ccc(Cl)cc2)[C@@]1(O)Cn1cncn1. The lowest BCUT2D eigenvalue weighted by atomic mass is 9.70. The van der Waals surface area contributed by atoms with Crippen molar-refractivity contribution in [2.24, 2.45) is 11.3 Å². The average molecular weight is 366 g/mol. The van der Waals surface area contributed by atoms with Crippen LogP contribution in [0, 0.1) is 11.3 Å². The van der Waals surface area contributed by atoms with Gasteiger partial charge in [-0.05, 0) is 43.4 Å². The molecule has 0 unspecified atom stereocenters. The summed E-state index contributed by atoms with van der Waals surface area (Å²) in [5.41, 5.74) is -2.49. The number of carbonyl (C=O) groups is 1. The third-order valence-corrected chi connectivity index (χ3v) is 5.71. The minimum Gasteiger partial charge on any atom is -0.481 e. The number of aliphatic hydroxyl groups is 2. The zero-order valence-corrected chi connectivity index (χ0v) is 14.5. The van der Waals surface area contributed by atoms with Gasteiger partial charge in [-0.2, -0.15) is 5.10 Å². The Hall–Kier alpha value is -1.96. The van der Waals surface area contributed by atoms with E-state index in [4.69, 9.17) is 11.6 Å². The highest BCUT2D eigenvalue weighted by Crippen LogP contribution is 2.52. The molecule has 134 valence electrons. The third kappa shape index (κ3) is 2.92. The van der Waals surface area contributed by atoms with Gasteiger partial charge >= 0.3 is 5.97 Å². The van der Waals surface area contributed by atoms with Gasteiger partial charge in [-0.25, -0.2) is 4.98 Å². The summed E-state index contributed by atoms with van der Waals surface area (Å²) in [5.74, 6) is -1.70. The van der Waals surface area contributed by atoms with Crippen LogP contribution in [-0.4, -0.2) is 47.8 Å². The molecular formula is C17H20ClN3O4. The van der Waals surface area contributed by atoms with Crippen LogP contribution >= 0.6 is 11.6 Å². The molecule has 8 heteroatoms. The van der Waals surface area contributed by atoms with Crippen LogP contribution in [0.25, 0.3) is 0 Å². The van der Waals surface area contributed by atoms with E-state index in [2.05, 4.69) is 10.1 Å². The van der Waals surface area contributed by atoms with Crippen molar-refractivity contribution in [3.8, 4) is 0 Å². The molecule has 1 saturated carbocycles. The second kappa shape index (κ2) is 6.40. The van der Waals surface area contributed by atoms with Crippen LogP contribution in [0.3, 0.4) is 0 Å². The molecular weight excluding hydrogens is 346 g/mol. The molecule has 0 radical (unpaired) electrons. The number of rotatable bonds is 5. The van der Waals surface area contributed by atoms with E-state index in [1.165, 1.54) is 24.3 Å². The molecule has 1 aromatic carbocycles. The first-order chi connectivity index (χ1) is 11.8. The van der Waals surface area contributed by atoms with Crippen molar-refractivity contribution in [3.63, 3.8) is 0 Å². The van der Waals surface area contributed by atoms with Crippen LogP contribution in [0.2, 0.25) is 5.02 Å². The number of benzene rings is 1. The van der Waals surface area contributed by atoms with E-state index >= 15 is 0 Å². The Labute approximate surface area is 149 Å². The van der Waals surface area contributed by atoms with Gasteiger partial charge in [0.15, 0.2) is 0 Å². The van der Waals surface area contributed by atoms with Gasteiger partial charge in [0.2, 0.25) is 0 Å². The topological polar surface area (TPSA) is 108 Å². The van der Waals surface area contributed by atoms with Crippen LogP contribution in [0.1, 0.15) is 18.9 Å². The first kappa shape index (κ1) is 17.8. The Morgan fingerprint density at radius 3 is 2.64 bits per heavy atom. The Balaban J connectivity index is 1.97.